The molecule has 3 heterocycles. The summed E-state index contributed by atoms with van der Waals surface area (Å²) in [6.07, 6.45) is 7.37. The summed E-state index contributed by atoms with van der Waals surface area (Å²) in [6, 6.07) is 14.2. The minimum absolute atomic E-state index is 0.0534. The third-order valence-corrected chi connectivity index (χ3v) is 9.16. The van der Waals surface area contributed by atoms with Gasteiger partial charge in [-0.05, 0) is 61.1 Å². The van der Waals surface area contributed by atoms with Gasteiger partial charge in [0.2, 0.25) is 17.7 Å². The van der Waals surface area contributed by atoms with E-state index in [-0.39, 0.29) is 30.3 Å². The summed E-state index contributed by atoms with van der Waals surface area (Å²) >= 11 is 0. The molecule has 8 heteroatoms. The normalized spacial score (nSPS) is 32.2. The van der Waals surface area contributed by atoms with Crippen molar-refractivity contribution in [2.75, 3.05) is 12.4 Å². The second-order valence-corrected chi connectivity index (χ2v) is 11.8. The zero-order chi connectivity index (χ0) is 28.0. The fourth-order valence-corrected chi connectivity index (χ4v) is 7.11. The molecule has 8 nitrogen and oxygen atoms in total. The SMILES string of the molecule is COc1ccc(CN2C(=O)[C@H]3[C@H](C(=O)Nc4cccc(C)c4)[C@H]4C=C[C@@]3(O4)[C@@H]2C(=O)N[C@H]2CCCC[C@H]2C)cc1. The first-order valence-corrected chi connectivity index (χ1v) is 14.3. The Kier molecular flexibility index (Phi) is 6.90. The third-order valence-electron chi connectivity index (χ3n) is 9.16. The summed E-state index contributed by atoms with van der Waals surface area (Å²) in [5.74, 6) is -1.16. The highest BCUT2D eigenvalue weighted by molar-refractivity contribution is 6.02. The number of anilines is 1. The first-order chi connectivity index (χ1) is 19.3. The highest BCUT2D eigenvalue weighted by Gasteiger charge is 2.72. The van der Waals surface area contributed by atoms with E-state index in [1.165, 1.54) is 0 Å². The second kappa shape index (κ2) is 10.4. The molecule has 1 spiro atoms. The molecule has 2 aromatic carbocycles. The van der Waals surface area contributed by atoms with Gasteiger partial charge in [-0.1, -0.05) is 56.2 Å². The van der Waals surface area contributed by atoms with E-state index in [0.717, 1.165) is 36.8 Å². The molecule has 1 saturated carbocycles. The maximum absolute atomic E-state index is 14.2. The number of carbonyl (C=O) groups is 3. The lowest BCUT2D eigenvalue weighted by atomic mass is 9.74. The quantitative estimate of drug-likeness (QED) is 0.515. The molecule has 3 amide bonds. The van der Waals surface area contributed by atoms with E-state index in [1.807, 2.05) is 67.6 Å². The van der Waals surface area contributed by atoms with Crippen LogP contribution in [0, 0.1) is 24.7 Å². The van der Waals surface area contributed by atoms with Crippen LogP contribution >= 0.6 is 0 Å². The molecule has 3 aliphatic heterocycles. The van der Waals surface area contributed by atoms with Crippen molar-refractivity contribution in [3.05, 3.63) is 71.8 Å². The average Bonchev–Trinajstić information content (AvgIpc) is 3.58. The Morgan fingerprint density at radius 2 is 1.88 bits per heavy atom. The number of ether oxygens (including phenoxy) is 2. The molecule has 2 aromatic rings. The molecule has 210 valence electrons. The number of hydrogen-bond acceptors (Lipinski definition) is 5. The number of benzene rings is 2. The van der Waals surface area contributed by atoms with Gasteiger partial charge < -0.3 is 25.0 Å². The van der Waals surface area contributed by atoms with Crippen molar-refractivity contribution in [2.24, 2.45) is 17.8 Å². The number of aryl methyl sites for hydroxylation is 1. The van der Waals surface area contributed by atoms with Gasteiger partial charge in [0.25, 0.3) is 0 Å². The van der Waals surface area contributed by atoms with Crippen LogP contribution in [-0.4, -0.2) is 53.5 Å². The topological polar surface area (TPSA) is 97.0 Å². The third kappa shape index (κ3) is 4.48. The van der Waals surface area contributed by atoms with Gasteiger partial charge in [-0.25, -0.2) is 0 Å². The van der Waals surface area contributed by atoms with Gasteiger partial charge in [-0.3, -0.25) is 14.4 Å². The summed E-state index contributed by atoms with van der Waals surface area (Å²) < 4.78 is 11.8. The number of methoxy groups -OCH3 is 1. The lowest BCUT2D eigenvalue weighted by Gasteiger charge is -2.36. The Morgan fingerprint density at radius 1 is 1.10 bits per heavy atom. The van der Waals surface area contributed by atoms with E-state index in [4.69, 9.17) is 9.47 Å². The van der Waals surface area contributed by atoms with E-state index < -0.39 is 29.6 Å². The number of nitrogens with zero attached hydrogens (tertiary/aromatic N) is 1. The van der Waals surface area contributed by atoms with Crippen molar-refractivity contribution in [1.29, 1.82) is 0 Å². The molecule has 3 fully saturated rings. The van der Waals surface area contributed by atoms with Gasteiger partial charge in [0.1, 0.15) is 17.4 Å². The molecule has 1 aliphatic carbocycles. The highest BCUT2D eigenvalue weighted by Crippen LogP contribution is 2.55. The second-order valence-electron chi connectivity index (χ2n) is 11.8. The van der Waals surface area contributed by atoms with Gasteiger partial charge in [0.05, 0.1) is 25.0 Å². The molecule has 6 rings (SSSR count). The molecule has 2 bridgehead atoms. The van der Waals surface area contributed by atoms with Crippen LogP contribution in [-0.2, 0) is 25.7 Å². The van der Waals surface area contributed by atoms with Crippen LogP contribution < -0.4 is 15.4 Å². The molecule has 4 aliphatic rings. The molecule has 7 atom stereocenters. The van der Waals surface area contributed by atoms with Gasteiger partial charge in [0, 0.05) is 18.3 Å². The fourth-order valence-electron chi connectivity index (χ4n) is 7.11. The molecular weight excluding hydrogens is 506 g/mol. The van der Waals surface area contributed by atoms with Crippen LogP contribution in [0.15, 0.2) is 60.7 Å². The lowest BCUT2D eigenvalue weighted by molar-refractivity contribution is -0.142. The van der Waals surface area contributed by atoms with Crippen LogP contribution in [0.1, 0.15) is 43.7 Å². The summed E-state index contributed by atoms with van der Waals surface area (Å²) in [6.45, 7) is 4.36. The van der Waals surface area contributed by atoms with Crippen LogP contribution in [0.25, 0.3) is 0 Å². The number of rotatable bonds is 7. The van der Waals surface area contributed by atoms with Crippen LogP contribution in [0.4, 0.5) is 5.69 Å². The predicted molar refractivity (Wildman–Crippen MR) is 150 cm³/mol. The summed E-state index contributed by atoms with van der Waals surface area (Å²) in [4.78, 5) is 43.6. The monoisotopic (exact) mass is 543 g/mol. The smallest absolute Gasteiger partial charge is 0.246 e. The van der Waals surface area contributed by atoms with Crippen molar-refractivity contribution >= 4 is 23.4 Å². The molecule has 0 unspecified atom stereocenters. The minimum atomic E-state index is -1.19. The molecule has 2 saturated heterocycles. The molecule has 40 heavy (non-hydrogen) atoms. The number of hydrogen-bond donors (Lipinski definition) is 2. The Labute approximate surface area is 235 Å². The zero-order valence-corrected chi connectivity index (χ0v) is 23.3. The van der Waals surface area contributed by atoms with Gasteiger partial charge in [-0.2, -0.15) is 0 Å². The number of fused-ring (bicyclic) bond motifs is 1. The number of likely N-dealkylation sites (tertiary alicyclic amines) is 1. The summed E-state index contributed by atoms with van der Waals surface area (Å²) in [5, 5.41) is 6.27. The number of carbonyl (C=O) groups excluding carboxylic acids is 3. The van der Waals surface area contributed by atoms with Crippen LogP contribution in [0.3, 0.4) is 0 Å². The van der Waals surface area contributed by atoms with Crippen LogP contribution in [0.2, 0.25) is 0 Å². The predicted octanol–water partition coefficient (Wildman–Crippen LogP) is 3.99. The van der Waals surface area contributed by atoms with E-state index in [2.05, 4.69) is 17.6 Å². The Bertz CT molecular complexity index is 1340. The van der Waals surface area contributed by atoms with Crippen molar-refractivity contribution in [3.8, 4) is 5.75 Å². The lowest BCUT2D eigenvalue weighted by Crippen LogP contribution is -2.57. The number of nitrogens with one attached hydrogen (secondary N) is 2. The molecule has 2 N–H and O–H groups in total. The van der Waals surface area contributed by atoms with E-state index >= 15 is 0 Å². The average molecular weight is 544 g/mol. The van der Waals surface area contributed by atoms with E-state index in [1.54, 1.807) is 12.0 Å². The molecule has 0 radical (unpaired) electrons. The maximum atomic E-state index is 14.2. The number of amides is 3. The Morgan fingerprint density at radius 3 is 2.60 bits per heavy atom. The van der Waals surface area contributed by atoms with Crippen molar-refractivity contribution in [2.45, 2.75) is 69.9 Å². The minimum Gasteiger partial charge on any atom is -0.497 e. The highest BCUT2D eigenvalue weighted by atomic mass is 16.5. The van der Waals surface area contributed by atoms with Crippen molar-refractivity contribution in [1.82, 2.24) is 10.2 Å². The zero-order valence-electron chi connectivity index (χ0n) is 23.3. The van der Waals surface area contributed by atoms with Crippen LogP contribution in [0.5, 0.6) is 5.75 Å². The molecule has 0 aromatic heterocycles. The van der Waals surface area contributed by atoms with Gasteiger partial charge in [-0.15, -0.1) is 0 Å². The Hall–Kier alpha value is -3.65. The molecular formula is C32H37N3O5. The van der Waals surface area contributed by atoms with E-state index in [9.17, 15) is 14.4 Å². The van der Waals surface area contributed by atoms with Gasteiger partial charge in [0.15, 0.2) is 0 Å². The summed E-state index contributed by atoms with van der Waals surface area (Å²) in [7, 11) is 1.61. The Balaban J connectivity index is 1.32. The van der Waals surface area contributed by atoms with Gasteiger partial charge >= 0.3 is 0 Å². The van der Waals surface area contributed by atoms with E-state index in [0.29, 0.717) is 17.4 Å². The standard InChI is InChI=1S/C32H37N3O5/c1-19-7-6-9-22(17-19)33-29(36)26-25-15-16-32(40-25)27(26)31(38)35(18-21-11-13-23(39-3)14-12-21)28(32)30(37)34-24-10-5-4-8-20(24)2/h6-7,9,11-17,20,24-28H,4-5,8,10,18H2,1-3H3,(H,33,36)(H,34,37)/t20-,24+,25-,26-,27-,28+,32+/m1/s1. The first kappa shape index (κ1) is 26.6. The largest absolute Gasteiger partial charge is 0.497 e. The first-order valence-electron chi connectivity index (χ1n) is 14.3. The van der Waals surface area contributed by atoms with Crippen molar-refractivity contribution < 1.29 is 23.9 Å². The van der Waals surface area contributed by atoms with Crippen molar-refractivity contribution in [3.63, 3.8) is 0 Å². The summed E-state index contributed by atoms with van der Waals surface area (Å²) in [5.41, 5.74) is 1.38. The maximum Gasteiger partial charge on any atom is 0.246 e. The fraction of sp³-hybridized carbons (Fsp3) is 0.469.